The molecule has 0 saturated carbocycles. The summed E-state index contributed by atoms with van der Waals surface area (Å²) in [4.78, 5) is 0. The van der Waals surface area contributed by atoms with Crippen LogP contribution in [0.15, 0.2) is 24.3 Å². The molecule has 0 radical (unpaired) electrons. The van der Waals surface area contributed by atoms with Gasteiger partial charge in [0.1, 0.15) is 0 Å². The fourth-order valence-corrected chi connectivity index (χ4v) is 3.75. The number of rotatable bonds is 19. The maximum Gasteiger partial charge on any atom is 0.0991 e. The van der Waals surface area contributed by atoms with Crippen LogP contribution >= 0.6 is 0 Å². The van der Waals surface area contributed by atoms with Crippen LogP contribution in [0.1, 0.15) is 122 Å². The minimum atomic E-state index is 0.725. The third-order valence-electron chi connectivity index (χ3n) is 5.62. The van der Waals surface area contributed by atoms with E-state index < -0.39 is 0 Å². The molecule has 0 amide bonds. The predicted octanol–water partition coefficient (Wildman–Crippen LogP) is 8.62. The van der Waals surface area contributed by atoms with Gasteiger partial charge in [-0.2, -0.15) is 5.26 Å². The predicted molar refractivity (Wildman–Crippen MR) is 124 cm³/mol. The molecule has 0 aliphatic carbocycles. The number of unbranched alkanes of at least 4 members (excludes halogenated alkanes) is 16. The van der Waals surface area contributed by atoms with Crippen LogP contribution in [0.4, 0.5) is 5.69 Å². The lowest BCUT2D eigenvalue weighted by atomic mass is 10.0. The summed E-state index contributed by atoms with van der Waals surface area (Å²) in [5, 5.41) is 12.2. The second-order valence-electron chi connectivity index (χ2n) is 8.27. The quantitative estimate of drug-likeness (QED) is 0.242. The molecule has 28 heavy (non-hydrogen) atoms. The van der Waals surface area contributed by atoms with Gasteiger partial charge in [-0.15, -0.1) is 0 Å². The molecule has 0 aliphatic rings. The zero-order valence-electron chi connectivity index (χ0n) is 18.5. The molecule has 1 rings (SSSR count). The van der Waals surface area contributed by atoms with Gasteiger partial charge in [0.2, 0.25) is 0 Å². The van der Waals surface area contributed by atoms with Crippen LogP contribution in [0, 0.1) is 11.3 Å². The highest BCUT2D eigenvalue weighted by Gasteiger charge is 1.96. The Hall–Kier alpha value is -1.49. The van der Waals surface area contributed by atoms with E-state index in [4.69, 9.17) is 5.26 Å². The molecule has 0 bridgehead atoms. The summed E-state index contributed by atoms with van der Waals surface area (Å²) in [6.07, 6.45) is 24.0. The van der Waals surface area contributed by atoms with Crippen LogP contribution < -0.4 is 5.32 Å². The van der Waals surface area contributed by atoms with E-state index in [0.29, 0.717) is 0 Å². The summed E-state index contributed by atoms with van der Waals surface area (Å²) in [5.41, 5.74) is 1.85. The first-order valence-electron chi connectivity index (χ1n) is 12.1. The third kappa shape index (κ3) is 14.6. The monoisotopic (exact) mass is 384 g/mol. The van der Waals surface area contributed by atoms with E-state index in [2.05, 4.69) is 18.3 Å². The molecular weight excluding hydrogens is 340 g/mol. The maximum absolute atomic E-state index is 8.80. The van der Waals surface area contributed by atoms with Crippen molar-refractivity contribution in [2.45, 2.75) is 116 Å². The van der Waals surface area contributed by atoms with Crippen molar-refractivity contribution in [3.8, 4) is 6.07 Å². The molecule has 0 fully saturated rings. The Labute approximate surface area is 175 Å². The summed E-state index contributed by atoms with van der Waals surface area (Å²) >= 11 is 0. The van der Waals surface area contributed by atoms with Crippen LogP contribution in [0.25, 0.3) is 0 Å². The number of hydrogen-bond donors (Lipinski definition) is 1. The molecule has 0 heterocycles. The van der Waals surface area contributed by atoms with E-state index in [1.165, 1.54) is 109 Å². The largest absolute Gasteiger partial charge is 0.385 e. The second kappa shape index (κ2) is 18.9. The first-order chi connectivity index (χ1) is 13.9. The Morgan fingerprint density at radius 2 is 1.00 bits per heavy atom. The molecule has 1 aromatic rings. The number of anilines is 1. The van der Waals surface area contributed by atoms with Crippen molar-refractivity contribution >= 4 is 5.69 Å². The first kappa shape index (κ1) is 24.5. The van der Waals surface area contributed by atoms with Gasteiger partial charge in [0, 0.05) is 12.2 Å². The van der Waals surface area contributed by atoms with Crippen molar-refractivity contribution in [2.24, 2.45) is 0 Å². The van der Waals surface area contributed by atoms with Gasteiger partial charge in [-0.25, -0.2) is 0 Å². The smallest absolute Gasteiger partial charge is 0.0991 e. The minimum Gasteiger partial charge on any atom is -0.385 e. The standard InChI is InChI=1S/C26H44N2/c1-2-3-4-5-6-7-8-9-10-11-12-13-14-15-16-17-18-23-28-26-21-19-25(24-27)20-22-26/h19-22,28H,2-18,23H2,1H3. The highest BCUT2D eigenvalue weighted by Crippen LogP contribution is 2.14. The lowest BCUT2D eigenvalue weighted by Crippen LogP contribution is -2.01. The van der Waals surface area contributed by atoms with E-state index in [1.54, 1.807) is 0 Å². The Balaban J connectivity index is 1.74. The van der Waals surface area contributed by atoms with Crippen LogP contribution in [0.2, 0.25) is 0 Å². The van der Waals surface area contributed by atoms with Gasteiger partial charge in [0.15, 0.2) is 0 Å². The van der Waals surface area contributed by atoms with Crippen molar-refractivity contribution in [3.63, 3.8) is 0 Å². The van der Waals surface area contributed by atoms with Crippen molar-refractivity contribution < 1.29 is 0 Å². The summed E-state index contributed by atoms with van der Waals surface area (Å²) in [5.74, 6) is 0. The molecule has 1 N–H and O–H groups in total. The molecular formula is C26H44N2. The lowest BCUT2D eigenvalue weighted by molar-refractivity contribution is 0.528. The highest BCUT2D eigenvalue weighted by molar-refractivity contribution is 5.46. The average Bonchev–Trinajstić information content (AvgIpc) is 2.73. The van der Waals surface area contributed by atoms with Crippen molar-refractivity contribution in [2.75, 3.05) is 11.9 Å². The van der Waals surface area contributed by atoms with Gasteiger partial charge < -0.3 is 5.32 Å². The summed E-state index contributed by atoms with van der Waals surface area (Å²) < 4.78 is 0. The summed E-state index contributed by atoms with van der Waals surface area (Å²) in [7, 11) is 0. The number of nitrogens with one attached hydrogen (secondary N) is 1. The van der Waals surface area contributed by atoms with Gasteiger partial charge in [0.05, 0.1) is 11.6 Å². The topological polar surface area (TPSA) is 35.8 Å². The van der Waals surface area contributed by atoms with E-state index in [1.807, 2.05) is 24.3 Å². The fraction of sp³-hybridized carbons (Fsp3) is 0.731. The number of benzene rings is 1. The molecule has 0 aliphatic heterocycles. The van der Waals surface area contributed by atoms with Crippen molar-refractivity contribution in [1.29, 1.82) is 5.26 Å². The van der Waals surface area contributed by atoms with Crippen molar-refractivity contribution in [3.05, 3.63) is 29.8 Å². The zero-order valence-corrected chi connectivity index (χ0v) is 18.5. The molecule has 0 saturated heterocycles. The molecule has 2 heteroatoms. The number of nitriles is 1. The Kier molecular flexibility index (Phi) is 16.5. The lowest BCUT2D eigenvalue weighted by Gasteiger charge is -2.06. The van der Waals surface area contributed by atoms with Gasteiger partial charge in [-0.05, 0) is 30.7 Å². The SMILES string of the molecule is CCCCCCCCCCCCCCCCCCCNc1ccc(C#N)cc1. The molecule has 0 spiro atoms. The van der Waals surface area contributed by atoms with Gasteiger partial charge in [0.25, 0.3) is 0 Å². The van der Waals surface area contributed by atoms with E-state index in [9.17, 15) is 0 Å². The Morgan fingerprint density at radius 3 is 1.39 bits per heavy atom. The number of hydrogen-bond acceptors (Lipinski definition) is 2. The molecule has 0 aromatic heterocycles. The molecule has 0 atom stereocenters. The van der Waals surface area contributed by atoms with Gasteiger partial charge in [-0.1, -0.05) is 110 Å². The molecule has 158 valence electrons. The Morgan fingerprint density at radius 1 is 0.607 bits per heavy atom. The minimum absolute atomic E-state index is 0.725. The second-order valence-corrected chi connectivity index (χ2v) is 8.27. The Bertz CT molecular complexity index is 486. The van der Waals surface area contributed by atoms with Crippen molar-refractivity contribution in [1.82, 2.24) is 0 Å². The number of nitrogens with zero attached hydrogens (tertiary/aromatic N) is 1. The fourth-order valence-electron chi connectivity index (χ4n) is 3.75. The summed E-state index contributed by atoms with van der Waals surface area (Å²) in [6, 6.07) is 9.88. The van der Waals surface area contributed by atoms with Gasteiger partial charge >= 0.3 is 0 Å². The van der Waals surface area contributed by atoms with E-state index in [-0.39, 0.29) is 0 Å². The third-order valence-corrected chi connectivity index (χ3v) is 5.62. The highest BCUT2D eigenvalue weighted by atomic mass is 14.9. The molecule has 1 aromatic carbocycles. The molecule has 2 nitrogen and oxygen atoms in total. The van der Waals surface area contributed by atoms with Gasteiger partial charge in [-0.3, -0.25) is 0 Å². The maximum atomic E-state index is 8.80. The average molecular weight is 385 g/mol. The van der Waals surface area contributed by atoms with Crippen LogP contribution in [-0.4, -0.2) is 6.54 Å². The zero-order chi connectivity index (χ0) is 20.1. The first-order valence-corrected chi connectivity index (χ1v) is 12.1. The van der Waals surface area contributed by atoms with Crippen LogP contribution in [0.3, 0.4) is 0 Å². The van der Waals surface area contributed by atoms with E-state index >= 15 is 0 Å². The van der Waals surface area contributed by atoms with Crippen LogP contribution in [-0.2, 0) is 0 Å². The summed E-state index contributed by atoms with van der Waals surface area (Å²) in [6.45, 7) is 3.32. The molecule has 0 unspecified atom stereocenters. The normalized spacial score (nSPS) is 10.7. The van der Waals surface area contributed by atoms with Crippen LogP contribution in [0.5, 0.6) is 0 Å². The van der Waals surface area contributed by atoms with E-state index in [0.717, 1.165) is 17.8 Å².